The minimum Gasteiger partial charge on any atom is -0.412 e. The van der Waals surface area contributed by atoms with Crippen LogP contribution in [-0.4, -0.2) is 15.0 Å². The molecule has 0 bridgehead atoms. The first-order valence-electron chi connectivity index (χ1n) is 4.53. The molecule has 0 aromatic heterocycles. The Balaban J connectivity index is 0.000000980. The van der Waals surface area contributed by atoms with Crippen molar-refractivity contribution in [2.45, 2.75) is 0 Å². The van der Waals surface area contributed by atoms with E-state index in [1.165, 1.54) is 10.4 Å². The molecule has 0 amide bonds. The average Bonchev–Trinajstić information content (AvgIpc) is 2.21. The highest BCUT2D eigenvalue weighted by molar-refractivity contribution is 6.67. The summed E-state index contributed by atoms with van der Waals surface area (Å²) in [5.41, 5.74) is 0. The van der Waals surface area contributed by atoms with Crippen molar-refractivity contribution in [1.29, 1.82) is 0 Å². The number of rotatable bonds is 2. The van der Waals surface area contributed by atoms with Crippen molar-refractivity contribution < 1.29 is 5.48 Å². The van der Waals surface area contributed by atoms with Crippen LogP contribution in [0.4, 0.5) is 0 Å². The van der Waals surface area contributed by atoms with E-state index >= 15 is 0 Å². The summed E-state index contributed by atoms with van der Waals surface area (Å²) in [4.78, 5) is 0. The second kappa shape index (κ2) is 5.37. The summed E-state index contributed by atoms with van der Waals surface area (Å²) < 4.78 is 0. The number of benzene rings is 2. The maximum absolute atomic E-state index is 2.22. The molecule has 2 aromatic rings. The van der Waals surface area contributed by atoms with Crippen LogP contribution < -0.4 is 10.4 Å². The van der Waals surface area contributed by atoms with Crippen LogP contribution in [0, 0.1) is 0 Å². The molecule has 72 valence electrons. The fourth-order valence-corrected chi connectivity index (χ4v) is 2.91. The van der Waals surface area contributed by atoms with Crippen LogP contribution in [-0.2, 0) is 0 Å². The second-order valence-corrected chi connectivity index (χ2v) is 5.13. The highest BCUT2D eigenvalue weighted by Gasteiger charge is 1.93. The zero-order chi connectivity index (χ0) is 8.93. The largest absolute Gasteiger partial charge is 0.412 e. The summed E-state index contributed by atoms with van der Waals surface area (Å²) in [5.74, 6) is 0. The Kier molecular flexibility index (Phi) is 4.10. The predicted molar refractivity (Wildman–Crippen MR) is 64.3 cm³/mol. The van der Waals surface area contributed by atoms with Crippen molar-refractivity contribution in [2.75, 3.05) is 0 Å². The van der Waals surface area contributed by atoms with Crippen molar-refractivity contribution in [3.8, 4) is 0 Å². The van der Waals surface area contributed by atoms with E-state index in [2.05, 4.69) is 60.7 Å². The second-order valence-electron chi connectivity index (χ2n) is 3.15. The van der Waals surface area contributed by atoms with Crippen LogP contribution >= 0.6 is 0 Å². The van der Waals surface area contributed by atoms with E-state index in [-0.39, 0.29) is 15.0 Å². The summed E-state index contributed by atoms with van der Waals surface area (Å²) in [7, 11) is -0.234. The van der Waals surface area contributed by atoms with Crippen LogP contribution in [0.25, 0.3) is 0 Å². The fourth-order valence-electron chi connectivity index (χ4n) is 1.43. The smallest absolute Gasteiger partial charge is 0.0875 e. The lowest BCUT2D eigenvalue weighted by Crippen LogP contribution is -2.26. The predicted octanol–water partition coefficient (Wildman–Crippen LogP) is -0.0185. The molecule has 2 N–H and O–H groups in total. The van der Waals surface area contributed by atoms with E-state index in [4.69, 9.17) is 0 Å². The molecular formula is C12H14OSi. The molecule has 2 aromatic carbocycles. The summed E-state index contributed by atoms with van der Waals surface area (Å²) >= 11 is 0. The molecule has 0 atom stereocenters. The van der Waals surface area contributed by atoms with Crippen molar-refractivity contribution >= 4 is 19.9 Å². The molecule has 0 saturated carbocycles. The van der Waals surface area contributed by atoms with Crippen molar-refractivity contribution in [1.82, 2.24) is 0 Å². The van der Waals surface area contributed by atoms with E-state index in [0.29, 0.717) is 0 Å². The molecule has 1 nitrogen and oxygen atoms in total. The quantitative estimate of drug-likeness (QED) is 0.613. The zero-order valence-electron chi connectivity index (χ0n) is 7.98. The van der Waals surface area contributed by atoms with Gasteiger partial charge in [0.05, 0.1) is 9.52 Å². The summed E-state index contributed by atoms with van der Waals surface area (Å²) in [6.45, 7) is 0. The highest BCUT2D eigenvalue weighted by Crippen LogP contribution is 1.84. The fraction of sp³-hybridized carbons (Fsp3) is 0. The molecule has 0 spiro atoms. The zero-order valence-corrected chi connectivity index (χ0v) is 9.39. The van der Waals surface area contributed by atoms with Crippen LogP contribution in [0.2, 0.25) is 0 Å². The van der Waals surface area contributed by atoms with Gasteiger partial charge in [0.15, 0.2) is 0 Å². The Morgan fingerprint density at radius 3 is 1.29 bits per heavy atom. The minimum atomic E-state index is -0.234. The van der Waals surface area contributed by atoms with E-state index < -0.39 is 0 Å². The standard InChI is InChI=1S/C12H12Si.H2O/c1-3-7-11(8-4-1)13-12-9-5-2-6-10-12;/h1-10H,13H2;1H2. The molecule has 0 aliphatic heterocycles. The number of hydrogen-bond acceptors (Lipinski definition) is 0. The topological polar surface area (TPSA) is 31.5 Å². The lowest BCUT2D eigenvalue weighted by molar-refractivity contribution is 0.824. The molecule has 0 saturated heterocycles. The van der Waals surface area contributed by atoms with Gasteiger partial charge in [0.2, 0.25) is 0 Å². The monoisotopic (exact) mass is 202 g/mol. The third-order valence-electron chi connectivity index (χ3n) is 2.09. The van der Waals surface area contributed by atoms with Crippen LogP contribution in [0.5, 0.6) is 0 Å². The van der Waals surface area contributed by atoms with E-state index in [1.807, 2.05) is 0 Å². The Bertz CT molecular complexity index is 321. The van der Waals surface area contributed by atoms with Gasteiger partial charge in [-0.1, -0.05) is 71.0 Å². The van der Waals surface area contributed by atoms with Crippen molar-refractivity contribution in [2.24, 2.45) is 0 Å². The van der Waals surface area contributed by atoms with Gasteiger partial charge in [0.25, 0.3) is 0 Å². The molecule has 0 radical (unpaired) electrons. The first-order chi connectivity index (χ1) is 6.45. The van der Waals surface area contributed by atoms with Gasteiger partial charge in [-0.15, -0.1) is 0 Å². The van der Waals surface area contributed by atoms with Gasteiger partial charge in [-0.05, 0) is 0 Å². The summed E-state index contributed by atoms with van der Waals surface area (Å²) in [6, 6.07) is 21.5. The third kappa shape index (κ3) is 2.83. The first-order valence-corrected chi connectivity index (χ1v) is 5.94. The summed E-state index contributed by atoms with van der Waals surface area (Å²) in [6.07, 6.45) is 0. The maximum atomic E-state index is 2.22. The normalized spacial score (nSPS) is 9.14. The third-order valence-corrected chi connectivity index (χ3v) is 3.85. The van der Waals surface area contributed by atoms with Gasteiger partial charge in [-0.25, -0.2) is 0 Å². The molecule has 2 heteroatoms. The molecule has 0 fully saturated rings. The van der Waals surface area contributed by atoms with Gasteiger partial charge in [-0.3, -0.25) is 0 Å². The Hall–Kier alpha value is -1.38. The Labute approximate surface area is 86.5 Å². The molecule has 0 aliphatic carbocycles. The molecule has 2 rings (SSSR count). The van der Waals surface area contributed by atoms with Gasteiger partial charge in [0, 0.05) is 0 Å². The summed E-state index contributed by atoms with van der Waals surface area (Å²) in [5, 5.41) is 3.02. The van der Waals surface area contributed by atoms with Crippen LogP contribution in [0.1, 0.15) is 0 Å². The maximum Gasteiger partial charge on any atom is 0.0875 e. The number of hydrogen-bond donors (Lipinski definition) is 0. The van der Waals surface area contributed by atoms with Gasteiger partial charge < -0.3 is 5.48 Å². The highest BCUT2D eigenvalue weighted by atomic mass is 28.2. The molecule has 0 aliphatic rings. The molecule has 14 heavy (non-hydrogen) atoms. The molecule has 0 unspecified atom stereocenters. The minimum absolute atomic E-state index is 0. The van der Waals surface area contributed by atoms with Gasteiger partial charge in [0.1, 0.15) is 0 Å². The SMILES string of the molecule is O.c1ccc([SiH2]c2ccccc2)cc1. The van der Waals surface area contributed by atoms with Crippen molar-refractivity contribution in [3.63, 3.8) is 0 Å². The average molecular weight is 202 g/mol. The van der Waals surface area contributed by atoms with Crippen LogP contribution in [0.15, 0.2) is 60.7 Å². The molecular weight excluding hydrogens is 188 g/mol. The van der Waals surface area contributed by atoms with Crippen LogP contribution in [0.3, 0.4) is 0 Å². The lowest BCUT2D eigenvalue weighted by atomic mass is 10.4. The van der Waals surface area contributed by atoms with Crippen molar-refractivity contribution in [3.05, 3.63) is 60.7 Å². The first kappa shape index (κ1) is 10.7. The van der Waals surface area contributed by atoms with Gasteiger partial charge in [-0.2, -0.15) is 0 Å². The molecule has 0 heterocycles. The Morgan fingerprint density at radius 2 is 0.929 bits per heavy atom. The van der Waals surface area contributed by atoms with E-state index in [9.17, 15) is 0 Å². The van der Waals surface area contributed by atoms with E-state index in [1.54, 1.807) is 0 Å². The van der Waals surface area contributed by atoms with E-state index in [0.717, 1.165) is 0 Å². The van der Waals surface area contributed by atoms with Gasteiger partial charge >= 0.3 is 0 Å². The lowest BCUT2D eigenvalue weighted by Gasteiger charge is -1.99. The Morgan fingerprint density at radius 1 is 0.571 bits per heavy atom.